The van der Waals surface area contributed by atoms with Crippen LogP contribution in [0, 0.1) is 0 Å². The van der Waals surface area contributed by atoms with E-state index in [0.29, 0.717) is 18.3 Å². The van der Waals surface area contributed by atoms with Crippen molar-refractivity contribution >= 4 is 17.5 Å². The molecule has 0 atom stereocenters. The van der Waals surface area contributed by atoms with Crippen molar-refractivity contribution in [3.8, 4) is 6.01 Å². The van der Waals surface area contributed by atoms with Crippen LogP contribution < -0.4 is 10.1 Å². The summed E-state index contributed by atoms with van der Waals surface area (Å²) < 4.78 is 10.5. The van der Waals surface area contributed by atoms with E-state index in [2.05, 4.69) is 20.3 Å². The number of hydrogen-bond acceptors (Lipinski definition) is 6. The van der Waals surface area contributed by atoms with Crippen molar-refractivity contribution < 1.29 is 9.15 Å². The second-order valence-corrected chi connectivity index (χ2v) is 3.45. The molecule has 0 aromatic carbocycles. The van der Waals surface area contributed by atoms with Crippen LogP contribution in [0.15, 0.2) is 22.8 Å². The van der Waals surface area contributed by atoms with Crippen molar-refractivity contribution in [3.05, 3.63) is 29.4 Å². The lowest BCUT2D eigenvalue weighted by atomic mass is 10.5. The van der Waals surface area contributed by atoms with Gasteiger partial charge in [0, 0.05) is 6.54 Å². The quantitative estimate of drug-likeness (QED) is 0.881. The third-order valence-corrected chi connectivity index (χ3v) is 2.02. The molecule has 0 aliphatic carbocycles. The number of nitrogens with zero attached hydrogens (tertiary/aromatic N) is 3. The van der Waals surface area contributed by atoms with Gasteiger partial charge in [-0.1, -0.05) is 0 Å². The summed E-state index contributed by atoms with van der Waals surface area (Å²) in [5.74, 6) is 1.08. The Balaban J connectivity index is 2.04. The zero-order chi connectivity index (χ0) is 12.1. The third kappa shape index (κ3) is 3.32. The Morgan fingerprint density at radius 3 is 3.00 bits per heavy atom. The van der Waals surface area contributed by atoms with Crippen molar-refractivity contribution in [2.24, 2.45) is 0 Å². The molecule has 0 bridgehead atoms. The van der Waals surface area contributed by atoms with Crippen LogP contribution in [-0.2, 0) is 6.61 Å². The Kier molecular flexibility index (Phi) is 3.77. The van der Waals surface area contributed by atoms with Gasteiger partial charge in [0.15, 0.2) is 0 Å². The molecular formula is C10H11ClN4O2. The highest BCUT2D eigenvalue weighted by Gasteiger charge is 2.06. The number of rotatable bonds is 5. The number of ether oxygens (including phenoxy) is 1. The SMILES string of the molecule is CCNc1nc(Cl)nc(OCc2ccco2)n1. The molecule has 0 fully saturated rings. The number of aromatic nitrogens is 3. The van der Waals surface area contributed by atoms with Gasteiger partial charge < -0.3 is 14.5 Å². The number of furan rings is 1. The van der Waals surface area contributed by atoms with Crippen LogP contribution in [0.25, 0.3) is 0 Å². The largest absolute Gasteiger partial charge is 0.466 e. The zero-order valence-corrected chi connectivity index (χ0v) is 9.94. The fourth-order valence-electron chi connectivity index (χ4n) is 1.16. The molecule has 0 aliphatic heterocycles. The number of nitrogens with one attached hydrogen (secondary N) is 1. The van der Waals surface area contributed by atoms with E-state index in [9.17, 15) is 0 Å². The van der Waals surface area contributed by atoms with Crippen molar-refractivity contribution in [2.75, 3.05) is 11.9 Å². The first-order valence-corrected chi connectivity index (χ1v) is 5.46. The Morgan fingerprint density at radius 1 is 1.41 bits per heavy atom. The summed E-state index contributed by atoms with van der Waals surface area (Å²) in [6.45, 7) is 2.87. The summed E-state index contributed by atoms with van der Waals surface area (Å²) in [7, 11) is 0. The molecule has 17 heavy (non-hydrogen) atoms. The molecule has 7 heteroatoms. The van der Waals surface area contributed by atoms with Gasteiger partial charge >= 0.3 is 6.01 Å². The van der Waals surface area contributed by atoms with E-state index in [1.54, 1.807) is 18.4 Å². The molecule has 2 heterocycles. The fourth-order valence-corrected chi connectivity index (χ4v) is 1.32. The highest BCUT2D eigenvalue weighted by atomic mass is 35.5. The van der Waals surface area contributed by atoms with Crippen LogP contribution in [0.2, 0.25) is 5.28 Å². The van der Waals surface area contributed by atoms with E-state index < -0.39 is 0 Å². The second-order valence-electron chi connectivity index (χ2n) is 3.11. The highest BCUT2D eigenvalue weighted by Crippen LogP contribution is 2.12. The second kappa shape index (κ2) is 5.49. The van der Waals surface area contributed by atoms with Gasteiger partial charge in [0.25, 0.3) is 0 Å². The van der Waals surface area contributed by atoms with E-state index >= 15 is 0 Å². The van der Waals surface area contributed by atoms with E-state index in [-0.39, 0.29) is 17.9 Å². The minimum atomic E-state index is 0.0883. The van der Waals surface area contributed by atoms with E-state index in [4.69, 9.17) is 20.8 Å². The molecule has 0 spiro atoms. The molecule has 0 saturated carbocycles. The molecule has 1 N–H and O–H groups in total. The maximum absolute atomic E-state index is 5.74. The van der Waals surface area contributed by atoms with Crippen molar-refractivity contribution in [1.29, 1.82) is 0 Å². The first kappa shape index (κ1) is 11.7. The van der Waals surface area contributed by atoms with Gasteiger partial charge in [-0.05, 0) is 30.7 Å². The molecule has 2 aromatic heterocycles. The van der Waals surface area contributed by atoms with Gasteiger partial charge in [0.2, 0.25) is 11.2 Å². The van der Waals surface area contributed by atoms with E-state index in [1.807, 2.05) is 6.92 Å². The minimum absolute atomic E-state index is 0.0883. The normalized spacial score (nSPS) is 10.2. The van der Waals surface area contributed by atoms with Crippen LogP contribution in [0.3, 0.4) is 0 Å². The maximum atomic E-state index is 5.74. The highest BCUT2D eigenvalue weighted by molar-refractivity contribution is 6.28. The molecular weight excluding hydrogens is 244 g/mol. The van der Waals surface area contributed by atoms with Crippen molar-refractivity contribution in [2.45, 2.75) is 13.5 Å². The molecule has 0 radical (unpaired) electrons. The molecule has 0 aliphatic rings. The maximum Gasteiger partial charge on any atom is 0.323 e. The molecule has 6 nitrogen and oxygen atoms in total. The van der Waals surface area contributed by atoms with Gasteiger partial charge in [0.1, 0.15) is 12.4 Å². The fraction of sp³-hybridized carbons (Fsp3) is 0.300. The summed E-state index contributed by atoms with van der Waals surface area (Å²) in [6.07, 6.45) is 1.57. The summed E-state index contributed by atoms with van der Waals surface area (Å²) in [4.78, 5) is 11.8. The average Bonchev–Trinajstić information content (AvgIpc) is 2.79. The van der Waals surface area contributed by atoms with Gasteiger partial charge in [-0.3, -0.25) is 0 Å². The Morgan fingerprint density at radius 2 is 2.29 bits per heavy atom. The van der Waals surface area contributed by atoms with Crippen LogP contribution in [0.4, 0.5) is 5.95 Å². The van der Waals surface area contributed by atoms with E-state index in [0.717, 1.165) is 0 Å². The first-order valence-electron chi connectivity index (χ1n) is 5.08. The zero-order valence-electron chi connectivity index (χ0n) is 9.18. The molecule has 0 unspecified atom stereocenters. The Bertz CT molecular complexity index is 475. The van der Waals surface area contributed by atoms with Gasteiger partial charge in [-0.25, -0.2) is 0 Å². The first-order chi connectivity index (χ1) is 8.28. The van der Waals surface area contributed by atoms with Crippen molar-refractivity contribution in [1.82, 2.24) is 15.0 Å². The average molecular weight is 255 g/mol. The van der Waals surface area contributed by atoms with Crippen LogP contribution in [0.1, 0.15) is 12.7 Å². The number of halogens is 1. The van der Waals surface area contributed by atoms with E-state index in [1.165, 1.54) is 0 Å². The molecule has 0 saturated heterocycles. The predicted octanol–water partition coefficient (Wildman–Crippen LogP) is 2.13. The number of hydrogen-bond donors (Lipinski definition) is 1. The molecule has 2 rings (SSSR count). The Labute approximate surface area is 103 Å². The van der Waals surface area contributed by atoms with Gasteiger partial charge in [-0.2, -0.15) is 15.0 Å². The summed E-state index contributed by atoms with van der Waals surface area (Å²) in [5.41, 5.74) is 0. The summed E-state index contributed by atoms with van der Waals surface area (Å²) in [5, 5.41) is 3.02. The molecule has 0 amide bonds. The van der Waals surface area contributed by atoms with Gasteiger partial charge in [0.05, 0.1) is 6.26 Å². The third-order valence-electron chi connectivity index (χ3n) is 1.85. The summed E-state index contributed by atoms with van der Waals surface area (Å²) >= 11 is 5.74. The number of anilines is 1. The molecule has 90 valence electrons. The van der Waals surface area contributed by atoms with Crippen molar-refractivity contribution in [3.63, 3.8) is 0 Å². The monoisotopic (exact) mass is 254 g/mol. The minimum Gasteiger partial charge on any atom is -0.466 e. The van der Waals surface area contributed by atoms with Crippen LogP contribution in [0.5, 0.6) is 6.01 Å². The smallest absolute Gasteiger partial charge is 0.323 e. The lowest BCUT2D eigenvalue weighted by Crippen LogP contribution is -2.06. The predicted molar refractivity (Wildman–Crippen MR) is 62.0 cm³/mol. The van der Waals surface area contributed by atoms with Gasteiger partial charge in [-0.15, -0.1) is 0 Å². The standard InChI is InChI=1S/C10H11ClN4O2/c1-2-12-9-13-8(11)14-10(15-9)17-6-7-4-3-5-16-7/h3-5H,2,6H2,1H3,(H,12,13,14,15). The van der Waals surface area contributed by atoms with Crippen LogP contribution >= 0.6 is 11.6 Å². The lowest BCUT2D eigenvalue weighted by molar-refractivity contribution is 0.249. The lowest BCUT2D eigenvalue weighted by Gasteiger charge is -2.05. The molecule has 2 aromatic rings. The topological polar surface area (TPSA) is 73.1 Å². The summed E-state index contributed by atoms with van der Waals surface area (Å²) in [6, 6.07) is 3.74. The van der Waals surface area contributed by atoms with Crippen LogP contribution in [-0.4, -0.2) is 21.5 Å². The Hall–Kier alpha value is -1.82.